The van der Waals surface area contributed by atoms with Crippen molar-refractivity contribution in [2.45, 2.75) is 18.7 Å². The van der Waals surface area contributed by atoms with E-state index < -0.39 is 10.0 Å². The van der Waals surface area contributed by atoms with Crippen molar-refractivity contribution in [3.63, 3.8) is 0 Å². The fraction of sp³-hybridized carbons (Fsp3) is 0.615. The maximum atomic E-state index is 12.2. The van der Waals surface area contributed by atoms with E-state index >= 15 is 0 Å². The van der Waals surface area contributed by atoms with Gasteiger partial charge in [-0.3, -0.25) is 4.99 Å². The lowest BCUT2D eigenvalue weighted by atomic mass is 10.4. The van der Waals surface area contributed by atoms with Crippen molar-refractivity contribution in [2.75, 3.05) is 39.4 Å². The van der Waals surface area contributed by atoms with Crippen molar-refractivity contribution < 1.29 is 13.2 Å². The average Bonchev–Trinajstić information content (AvgIpc) is 2.84. The van der Waals surface area contributed by atoms with E-state index in [1.54, 1.807) is 13.0 Å². The number of hydrogen-bond acceptors (Lipinski definition) is 5. The Bertz CT molecular complexity index is 634. The molecule has 22 heavy (non-hydrogen) atoms. The minimum Gasteiger partial charge on any atom is -0.378 e. The molecule has 0 aliphatic carbocycles. The molecule has 124 valence electrons. The summed E-state index contributed by atoms with van der Waals surface area (Å²) >= 11 is 1.47. The van der Waals surface area contributed by atoms with E-state index in [9.17, 15) is 8.42 Å². The molecule has 1 fully saturated rings. The lowest BCUT2D eigenvalue weighted by molar-refractivity contribution is 0.0674. The molecule has 0 saturated carbocycles. The average molecular weight is 346 g/mol. The molecule has 2 heterocycles. The van der Waals surface area contributed by atoms with Gasteiger partial charge in [0.15, 0.2) is 5.96 Å². The highest BCUT2D eigenvalue weighted by Crippen LogP contribution is 2.24. The molecule has 1 aliphatic heterocycles. The van der Waals surface area contributed by atoms with Crippen molar-refractivity contribution >= 4 is 27.3 Å². The van der Waals surface area contributed by atoms with Gasteiger partial charge < -0.3 is 15.4 Å². The van der Waals surface area contributed by atoms with Gasteiger partial charge >= 0.3 is 0 Å². The molecule has 1 aromatic heterocycles. The Morgan fingerprint density at radius 2 is 2.14 bits per heavy atom. The monoisotopic (exact) mass is 346 g/mol. The summed E-state index contributed by atoms with van der Waals surface area (Å²) in [7, 11) is -3.48. The summed E-state index contributed by atoms with van der Waals surface area (Å²) in [5, 5.41) is 0. The van der Waals surface area contributed by atoms with Gasteiger partial charge in [-0.25, -0.2) is 13.1 Å². The Labute approximate surface area is 135 Å². The molecular weight excluding hydrogens is 324 g/mol. The summed E-state index contributed by atoms with van der Waals surface area (Å²) in [6, 6.07) is 1.69. The van der Waals surface area contributed by atoms with Crippen LogP contribution in [0.2, 0.25) is 0 Å². The van der Waals surface area contributed by atoms with Gasteiger partial charge in [0.2, 0.25) is 10.0 Å². The van der Waals surface area contributed by atoms with Crippen LogP contribution in [0.25, 0.3) is 0 Å². The van der Waals surface area contributed by atoms with Crippen LogP contribution in [0.4, 0.5) is 0 Å². The summed E-state index contributed by atoms with van der Waals surface area (Å²) in [5.74, 6) is 0.435. The van der Waals surface area contributed by atoms with Crippen LogP contribution in [-0.4, -0.2) is 58.7 Å². The minimum atomic E-state index is -3.48. The minimum absolute atomic E-state index is 0.224. The van der Waals surface area contributed by atoms with Gasteiger partial charge in [0.05, 0.1) is 24.7 Å². The van der Waals surface area contributed by atoms with E-state index in [-0.39, 0.29) is 6.54 Å². The maximum Gasteiger partial charge on any atom is 0.241 e. The number of thiophene rings is 1. The topological polar surface area (TPSA) is 97.0 Å². The Balaban J connectivity index is 1.86. The van der Waals surface area contributed by atoms with E-state index in [4.69, 9.17) is 10.5 Å². The first-order chi connectivity index (χ1) is 10.4. The Hall–Kier alpha value is -1.16. The molecule has 0 bridgehead atoms. The Morgan fingerprint density at radius 1 is 1.45 bits per heavy atom. The van der Waals surface area contributed by atoms with Gasteiger partial charge in [-0.2, -0.15) is 0 Å². The molecule has 0 radical (unpaired) electrons. The molecule has 0 spiro atoms. The van der Waals surface area contributed by atoms with Gasteiger partial charge in [0, 0.05) is 29.4 Å². The first-order valence-corrected chi connectivity index (χ1v) is 9.39. The van der Waals surface area contributed by atoms with Crippen molar-refractivity contribution in [3.8, 4) is 0 Å². The number of aliphatic imine (C=N–C) groups is 1. The van der Waals surface area contributed by atoms with Gasteiger partial charge in [-0.1, -0.05) is 0 Å². The van der Waals surface area contributed by atoms with Crippen LogP contribution in [0.15, 0.2) is 16.0 Å². The summed E-state index contributed by atoms with van der Waals surface area (Å²) in [6.07, 6.45) is 0. The largest absolute Gasteiger partial charge is 0.378 e. The standard InChI is InChI=1S/C13H22N4O3S2/c1-10-9-12(11(2)21-10)22(18,19)16-4-3-15-13(14)17-5-7-20-8-6-17/h9,16H,3-8H2,1-2H3,(H2,14,15). The molecular formula is C13H22N4O3S2. The van der Waals surface area contributed by atoms with Crippen LogP contribution >= 0.6 is 11.3 Å². The van der Waals surface area contributed by atoms with Gasteiger partial charge in [0.1, 0.15) is 0 Å². The van der Waals surface area contributed by atoms with E-state index in [1.807, 2.05) is 11.8 Å². The van der Waals surface area contributed by atoms with E-state index in [0.29, 0.717) is 43.7 Å². The number of sulfonamides is 1. The third-order valence-electron chi connectivity index (χ3n) is 3.30. The second-order valence-corrected chi connectivity index (χ2v) is 8.21. The zero-order valence-corrected chi connectivity index (χ0v) is 14.5. The van der Waals surface area contributed by atoms with Gasteiger partial charge in [-0.05, 0) is 19.9 Å². The van der Waals surface area contributed by atoms with Gasteiger partial charge in [0.25, 0.3) is 0 Å². The molecule has 3 N–H and O–H groups in total. The highest BCUT2D eigenvalue weighted by atomic mass is 32.2. The smallest absolute Gasteiger partial charge is 0.241 e. The molecule has 0 atom stereocenters. The molecule has 7 nitrogen and oxygen atoms in total. The number of nitrogens with one attached hydrogen (secondary N) is 1. The number of aryl methyl sites for hydroxylation is 2. The predicted octanol–water partition coefficient (Wildman–Crippen LogP) is 0.290. The van der Waals surface area contributed by atoms with E-state index in [2.05, 4.69) is 9.71 Å². The number of morpholine rings is 1. The van der Waals surface area contributed by atoms with Crippen molar-refractivity contribution in [3.05, 3.63) is 15.8 Å². The Morgan fingerprint density at radius 3 is 2.73 bits per heavy atom. The van der Waals surface area contributed by atoms with Crippen molar-refractivity contribution in [2.24, 2.45) is 10.7 Å². The number of ether oxygens (including phenoxy) is 1. The van der Waals surface area contributed by atoms with Crippen LogP contribution in [0.1, 0.15) is 9.75 Å². The summed E-state index contributed by atoms with van der Waals surface area (Å²) in [5.41, 5.74) is 5.88. The number of nitrogens with zero attached hydrogens (tertiary/aromatic N) is 2. The first kappa shape index (κ1) is 17.2. The lowest BCUT2D eigenvalue weighted by Crippen LogP contribution is -2.45. The molecule has 0 unspecified atom stereocenters. The molecule has 0 aromatic carbocycles. The van der Waals surface area contributed by atoms with E-state index in [1.165, 1.54) is 11.3 Å². The normalized spacial score (nSPS) is 17.0. The highest BCUT2D eigenvalue weighted by molar-refractivity contribution is 7.89. The Kier molecular flexibility index (Phi) is 5.79. The molecule has 1 saturated heterocycles. The quantitative estimate of drug-likeness (QED) is 0.454. The maximum absolute atomic E-state index is 12.2. The molecule has 9 heteroatoms. The second kappa shape index (κ2) is 7.40. The molecule has 0 amide bonds. The van der Waals surface area contributed by atoms with Gasteiger partial charge in [-0.15, -0.1) is 11.3 Å². The van der Waals surface area contributed by atoms with Crippen LogP contribution in [0, 0.1) is 13.8 Å². The molecule has 2 rings (SSSR count). The molecule has 1 aliphatic rings. The lowest BCUT2D eigenvalue weighted by Gasteiger charge is -2.27. The van der Waals surface area contributed by atoms with Crippen molar-refractivity contribution in [1.82, 2.24) is 9.62 Å². The van der Waals surface area contributed by atoms with Crippen LogP contribution in [-0.2, 0) is 14.8 Å². The SMILES string of the molecule is Cc1cc(S(=O)(=O)NCCN=C(N)N2CCOCC2)c(C)s1. The van der Waals surface area contributed by atoms with Crippen molar-refractivity contribution in [1.29, 1.82) is 0 Å². The summed E-state index contributed by atoms with van der Waals surface area (Å²) in [6.45, 7) is 6.94. The van der Waals surface area contributed by atoms with Crippen LogP contribution in [0.5, 0.6) is 0 Å². The second-order valence-electron chi connectivity index (χ2n) is 5.01. The fourth-order valence-electron chi connectivity index (χ4n) is 2.19. The number of nitrogens with two attached hydrogens (primary N) is 1. The zero-order valence-electron chi connectivity index (χ0n) is 12.8. The van der Waals surface area contributed by atoms with E-state index in [0.717, 1.165) is 9.75 Å². The molecule has 1 aromatic rings. The summed E-state index contributed by atoms with van der Waals surface area (Å²) in [4.78, 5) is 8.27. The van der Waals surface area contributed by atoms with Crippen LogP contribution in [0.3, 0.4) is 0 Å². The summed E-state index contributed by atoms with van der Waals surface area (Å²) < 4.78 is 32.2. The third-order valence-corrected chi connectivity index (χ3v) is 5.98. The number of hydrogen-bond donors (Lipinski definition) is 2. The van der Waals surface area contributed by atoms with Crippen LogP contribution < -0.4 is 10.5 Å². The predicted molar refractivity (Wildman–Crippen MR) is 87.9 cm³/mol. The fourth-order valence-corrected chi connectivity index (χ4v) is 4.77. The number of rotatable bonds is 5. The number of guanidine groups is 1. The first-order valence-electron chi connectivity index (χ1n) is 7.09. The highest BCUT2D eigenvalue weighted by Gasteiger charge is 2.18. The third kappa shape index (κ3) is 4.42. The zero-order chi connectivity index (χ0) is 16.2.